The largest absolute Gasteiger partial charge is 0.372 e. The predicted molar refractivity (Wildman–Crippen MR) is 138 cm³/mol. The molecular formula is C28H29N3O2S. The molecule has 1 atom stereocenters. The Bertz CT molecular complexity index is 1360. The normalized spacial score (nSPS) is 15.1. The molecule has 1 aliphatic heterocycles. The molecule has 3 aromatic rings. The van der Waals surface area contributed by atoms with Crippen LogP contribution in [-0.4, -0.2) is 34.4 Å². The third-order valence-corrected chi connectivity index (χ3v) is 7.44. The van der Waals surface area contributed by atoms with E-state index in [1.54, 1.807) is 12.3 Å². The molecule has 1 unspecified atom stereocenters. The standard InChI is InChI=1S/C28H29N3O2S/c1-21-15-22(2)17-27(16-21)34(3,33)30-28(32)25-18-24(19-29-20-25)8-7-23-9-11-26(12-10-23)31-13-5-4-6-14-31/h9-12,15-20H,4-6,13-14H2,1-3H3. The van der Waals surface area contributed by atoms with Crippen LogP contribution in [0.5, 0.6) is 0 Å². The van der Waals surface area contributed by atoms with Crippen LogP contribution in [0.15, 0.2) is 70.2 Å². The van der Waals surface area contributed by atoms with Crippen LogP contribution in [0.25, 0.3) is 0 Å². The fourth-order valence-electron chi connectivity index (χ4n) is 4.09. The monoisotopic (exact) mass is 471 g/mol. The lowest BCUT2D eigenvalue weighted by Crippen LogP contribution is -2.29. The van der Waals surface area contributed by atoms with Crippen molar-refractivity contribution >= 4 is 21.3 Å². The first-order valence-corrected chi connectivity index (χ1v) is 13.4. The molecule has 174 valence electrons. The molecule has 0 saturated carbocycles. The molecule has 34 heavy (non-hydrogen) atoms. The number of aryl methyl sites for hydroxylation is 2. The van der Waals surface area contributed by atoms with E-state index >= 15 is 0 Å². The molecule has 0 bridgehead atoms. The van der Waals surface area contributed by atoms with Crippen molar-refractivity contribution in [3.63, 3.8) is 0 Å². The molecule has 2 aromatic carbocycles. The van der Waals surface area contributed by atoms with Gasteiger partial charge in [-0.05, 0) is 86.7 Å². The van der Waals surface area contributed by atoms with Crippen LogP contribution in [0.3, 0.4) is 0 Å². The van der Waals surface area contributed by atoms with Gasteiger partial charge < -0.3 is 4.90 Å². The van der Waals surface area contributed by atoms with Gasteiger partial charge in [-0.1, -0.05) is 17.9 Å². The number of benzene rings is 2. The molecule has 0 spiro atoms. The van der Waals surface area contributed by atoms with Crippen molar-refractivity contribution < 1.29 is 9.00 Å². The number of carbonyl (C=O) groups excluding carboxylic acids is 1. The van der Waals surface area contributed by atoms with Gasteiger partial charge in [0.2, 0.25) is 0 Å². The summed E-state index contributed by atoms with van der Waals surface area (Å²) in [5.41, 5.74) is 4.97. The van der Waals surface area contributed by atoms with Crippen molar-refractivity contribution in [1.82, 2.24) is 4.98 Å². The van der Waals surface area contributed by atoms with Gasteiger partial charge in [-0.3, -0.25) is 9.78 Å². The molecule has 0 N–H and O–H groups in total. The Kier molecular flexibility index (Phi) is 7.14. The predicted octanol–water partition coefficient (Wildman–Crippen LogP) is 5.39. The van der Waals surface area contributed by atoms with Crippen molar-refractivity contribution in [3.8, 4) is 11.8 Å². The van der Waals surface area contributed by atoms with E-state index in [-0.39, 0.29) is 5.56 Å². The second-order valence-corrected chi connectivity index (χ2v) is 11.1. The maximum Gasteiger partial charge on any atom is 0.286 e. The van der Waals surface area contributed by atoms with E-state index in [2.05, 4.69) is 38.2 Å². The first-order valence-electron chi connectivity index (χ1n) is 11.5. The van der Waals surface area contributed by atoms with E-state index in [1.807, 2.05) is 44.2 Å². The summed E-state index contributed by atoms with van der Waals surface area (Å²) in [6.45, 7) is 6.08. The van der Waals surface area contributed by atoms with Crippen molar-refractivity contribution in [2.24, 2.45) is 4.36 Å². The zero-order chi connectivity index (χ0) is 24.1. The number of anilines is 1. The molecule has 1 aromatic heterocycles. The van der Waals surface area contributed by atoms with Gasteiger partial charge in [0.1, 0.15) is 0 Å². The summed E-state index contributed by atoms with van der Waals surface area (Å²) in [6, 6.07) is 15.5. The van der Waals surface area contributed by atoms with Gasteiger partial charge >= 0.3 is 0 Å². The second-order valence-electron chi connectivity index (χ2n) is 8.83. The van der Waals surface area contributed by atoms with Crippen LogP contribution in [0.1, 0.15) is 51.9 Å². The first-order chi connectivity index (χ1) is 16.3. The Morgan fingerprint density at radius 2 is 1.56 bits per heavy atom. The number of rotatable bonds is 3. The maximum atomic E-state index is 13.2. The molecule has 1 amide bonds. The number of amides is 1. The quantitative estimate of drug-likeness (QED) is 0.481. The highest BCUT2D eigenvalue weighted by atomic mass is 32.2. The van der Waals surface area contributed by atoms with Gasteiger partial charge in [-0.2, -0.15) is 4.36 Å². The molecular weight excluding hydrogens is 442 g/mol. The minimum Gasteiger partial charge on any atom is -0.372 e. The number of carbonyl (C=O) groups is 1. The van der Waals surface area contributed by atoms with Gasteiger partial charge in [0.15, 0.2) is 0 Å². The Hall–Kier alpha value is -3.43. The fraction of sp³-hybridized carbons (Fsp3) is 0.286. The summed E-state index contributed by atoms with van der Waals surface area (Å²) >= 11 is 0. The number of pyridine rings is 1. The summed E-state index contributed by atoms with van der Waals surface area (Å²) in [5.74, 6) is 5.65. The number of aromatic nitrogens is 1. The summed E-state index contributed by atoms with van der Waals surface area (Å²) in [5, 5.41) is 0. The Morgan fingerprint density at radius 1 is 0.912 bits per heavy atom. The van der Waals surface area contributed by atoms with E-state index in [0.29, 0.717) is 10.5 Å². The molecule has 5 nitrogen and oxygen atoms in total. The van der Waals surface area contributed by atoms with Gasteiger partial charge in [0.25, 0.3) is 5.91 Å². The second kappa shape index (κ2) is 10.2. The lowest BCUT2D eigenvalue weighted by atomic mass is 10.1. The number of piperidine rings is 1. The Labute approximate surface area is 202 Å². The van der Waals surface area contributed by atoms with Crippen molar-refractivity contribution in [2.45, 2.75) is 38.0 Å². The van der Waals surface area contributed by atoms with Crippen LogP contribution in [0, 0.1) is 25.7 Å². The van der Waals surface area contributed by atoms with Crippen LogP contribution in [-0.2, 0) is 9.73 Å². The highest BCUT2D eigenvalue weighted by Gasteiger charge is 2.13. The zero-order valence-electron chi connectivity index (χ0n) is 19.9. The third kappa shape index (κ3) is 5.92. The highest BCUT2D eigenvalue weighted by molar-refractivity contribution is 7.93. The highest BCUT2D eigenvalue weighted by Crippen LogP contribution is 2.20. The SMILES string of the molecule is Cc1cc(C)cc(S(C)(=O)=NC(=O)c2cncc(C#Cc3ccc(N4CCCCC4)cc3)c2)c1. The van der Waals surface area contributed by atoms with Gasteiger partial charge in [0.05, 0.1) is 15.3 Å². The summed E-state index contributed by atoms with van der Waals surface area (Å²) in [7, 11) is -2.88. The molecule has 2 heterocycles. The summed E-state index contributed by atoms with van der Waals surface area (Å²) in [4.78, 5) is 19.9. The lowest BCUT2D eigenvalue weighted by molar-refractivity contribution is 0.100. The maximum absolute atomic E-state index is 13.2. The van der Waals surface area contributed by atoms with E-state index in [1.165, 1.54) is 37.4 Å². The molecule has 0 aliphatic carbocycles. The Morgan fingerprint density at radius 3 is 2.24 bits per heavy atom. The third-order valence-electron chi connectivity index (χ3n) is 5.81. The Balaban J connectivity index is 1.52. The minimum atomic E-state index is -2.88. The lowest BCUT2D eigenvalue weighted by Gasteiger charge is -2.28. The number of nitrogens with zero attached hydrogens (tertiary/aromatic N) is 3. The van der Waals surface area contributed by atoms with E-state index in [9.17, 15) is 9.00 Å². The van der Waals surface area contributed by atoms with Crippen LogP contribution in [0.4, 0.5) is 5.69 Å². The first kappa shape index (κ1) is 23.7. The molecule has 4 rings (SSSR count). The summed E-state index contributed by atoms with van der Waals surface area (Å²) < 4.78 is 17.2. The van der Waals surface area contributed by atoms with Crippen molar-refractivity contribution in [2.75, 3.05) is 24.2 Å². The van der Waals surface area contributed by atoms with Gasteiger partial charge in [-0.25, -0.2) is 4.21 Å². The molecule has 1 aliphatic rings. The van der Waals surface area contributed by atoms with Gasteiger partial charge in [-0.15, -0.1) is 0 Å². The smallest absolute Gasteiger partial charge is 0.286 e. The van der Waals surface area contributed by atoms with Gasteiger partial charge in [0, 0.05) is 53.4 Å². The average molecular weight is 472 g/mol. The van der Waals surface area contributed by atoms with Crippen LogP contribution in [0.2, 0.25) is 0 Å². The van der Waals surface area contributed by atoms with E-state index < -0.39 is 15.6 Å². The molecule has 0 radical (unpaired) electrons. The zero-order valence-corrected chi connectivity index (χ0v) is 20.7. The number of hydrogen-bond acceptors (Lipinski definition) is 4. The number of hydrogen-bond donors (Lipinski definition) is 0. The topological polar surface area (TPSA) is 62.6 Å². The average Bonchev–Trinajstić information content (AvgIpc) is 2.83. The van der Waals surface area contributed by atoms with Crippen LogP contribution < -0.4 is 4.90 Å². The fourth-order valence-corrected chi connectivity index (χ4v) is 5.43. The van der Waals surface area contributed by atoms with E-state index in [4.69, 9.17) is 0 Å². The van der Waals surface area contributed by atoms with Crippen LogP contribution >= 0.6 is 0 Å². The minimum absolute atomic E-state index is 0.270. The molecule has 1 saturated heterocycles. The van der Waals surface area contributed by atoms with E-state index in [0.717, 1.165) is 29.8 Å². The molecule has 1 fully saturated rings. The van der Waals surface area contributed by atoms with Crippen molar-refractivity contribution in [1.29, 1.82) is 0 Å². The summed E-state index contributed by atoms with van der Waals surface area (Å²) in [6.07, 6.45) is 8.33. The molecule has 6 heteroatoms. The van der Waals surface area contributed by atoms with Crippen molar-refractivity contribution in [3.05, 3.63) is 88.7 Å².